The SMILES string of the molecule is C=C(C)[C@@H]1CC/C(CO)=C\CC[C@]23O[C@H]2Cc2cc(O)cc1c2OC3=O. The van der Waals surface area contributed by atoms with E-state index in [-0.39, 0.29) is 30.3 Å². The lowest BCUT2D eigenvalue weighted by atomic mass is 9.85. The van der Waals surface area contributed by atoms with Gasteiger partial charge in [-0.1, -0.05) is 18.2 Å². The van der Waals surface area contributed by atoms with Crippen molar-refractivity contribution in [3.63, 3.8) is 0 Å². The topological polar surface area (TPSA) is 79.3 Å². The molecule has 0 unspecified atom stereocenters. The molecule has 0 aromatic heterocycles. The second-order valence-corrected chi connectivity index (χ2v) is 7.61. The molecule has 1 fully saturated rings. The van der Waals surface area contributed by atoms with Crippen molar-refractivity contribution in [2.24, 2.45) is 0 Å². The molecular formula is C21H24O5. The molecule has 1 aromatic carbocycles. The van der Waals surface area contributed by atoms with Gasteiger partial charge in [0.15, 0.2) is 5.60 Å². The van der Waals surface area contributed by atoms with E-state index in [1.807, 2.05) is 13.0 Å². The normalized spacial score (nSPS) is 32.2. The minimum atomic E-state index is -0.902. The third kappa shape index (κ3) is 2.75. The number of ether oxygens (including phenoxy) is 2. The highest BCUT2D eigenvalue weighted by Crippen LogP contribution is 2.50. The predicted molar refractivity (Wildman–Crippen MR) is 96.2 cm³/mol. The zero-order valence-electron chi connectivity index (χ0n) is 15.0. The van der Waals surface area contributed by atoms with Crippen LogP contribution in [0.5, 0.6) is 11.5 Å². The molecule has 3 aliphatic rings. The number of carbonyl (C=O) groups excluding carboxylic acids is 1. The number of aliphatic hydroxyl groups is 1. The van der Waals surface area contributed by atoms with Crippen molar-refractivity contribution in [1.82, 2.24) is 0 Å². The van der Waals surface area contributed by atoms with Crippen LogP contribution >= 0.6 is 0 Å². The molecule has 0 amide bonds. The molecule has 2 bridgehead atoms. The van der Waals surface area contributed by atoms with Crippen LogP contribution in [0.15, 0.2) is 35.9 Å². The molecule has 1 aromatic rings. The van der Waals surface area contributed by atoms with Crippen molar-refractivity contribution < 1.29 is 24.5 Å². The average molecular weight is 356 g/mol. The Morgan fingerprint density at radius 1 is 1.42 bits per heavy atom. The van der Waals surface area contributed by atoms with Crippen molar-refractivity contribution in [2.75, 3.05) is 6.61 Å². The Morgan fingerprint density at radius 3 is 2.96 bits per heavy atom. The van der Waals surface area contributed by atoms with E-state index in [4.69, 9.17) is 9.47 Å². The summed E-state index contributed by atoms with van der Waals surface area (Å²) < 4.78 is 11.6. The van der Waals surface area contributed by atoms with Crippen molar-refractivity contribution in [3.05, 3.63) is 47.1 Å². The van der Waals surface area contributed by atoms with E-state index in [0.29, 0.717) is 25.0 Å². The van der Waals surface area contributed by atoms with Gasteiger partial charge in [0.05, 0.1) is 6.61 Å². The van der Waals surface area contributed by atoms with E-state index in [0.717, 1.165) is 35.1 Å². The van der Waals surface area contributed by atoms with Crippen molar-refractivity contribution in [1.29, 1.82) is 0 Å². The minimum absolute atomic E-state index is 0.00277. The number of phenolic OH excluding ortho intramolecular Hbond substituents is 1. The van der Waals surface area contributed by atoms with E-state index in [1.165, 1.54) is 0 Å². The number of carbonyl (C=O) groups is 1. The lowest BCUT2D eigenvalue weighted by Gasteiger charge is -2.23. The molecule has 1 saturated heterocycles. The van der Waals surface area contributed by atoms with Crippen LogP contribution in [0.1, 0.15) is 49.7 Å². The number of hydrogen-bond donors (Lipinski definition) is 2. The number of epoxide rings is 1. The van der Waals surface area contributed by atoms with Gasteiger partial charge in [0, 0.05) is 23.5 Å². The summed E-state index contributed by atoms with van der Waals surface area (Å²) in [5.74, 6) is 0.283. The van der Waals surface area contributed by atoms with Gasteiger partial charge in [-0.3, -0.25) is 0 Å². The third-order valence-electron chi connectivity index (χ3n) is 5.82. The fraction of sp³-hybridized carbons (Fsp3) is 0.476. The molecule has 2 N–H and O–H groups in total. The molecule has 26 heavy (non-hydrogen) atoms. The van der Waals surface area contributed by atoms with Gasteiger partial charge < -0.3 is 19.7 Å². The van der Waals surface area contributed by atoms with Gasteiger partial charge in [0.2, 0.25) is 0 Å². The first-order valence-corrected chi connectivity index (χ1v) is 9.14. The Kier molecular flexibility index (Phi) is 4.16. The molecule has 138 valence electrons. The number of esters is 1. The standard InChI is InChI=1S/C21H24O5/c1-12(2)16-6-5-13(11-22)4-3-7-21-18(26-21)9-14-8-15(23)10-17(16)19(14)25-20(21)24/h4,8,10,16,18,22-23H,1,3,5-7,9,11H2,2H3/b13-4+/t16-,18-,21-/m0/s1. The molecule has 0 aliphatic carbocycles. The second-order valence-electron chi connectivity index (χ2n) is 7.61. The van der Waals surface area contributed by atoms with Crippen LogP contribution in [-0.2, 0) is 16.0 Å². The van der Waals surface area contributed by atoms with Crippen LogP contribution in [0.2, 0.25) is 0 Å². The molecule has 1 spiro atoms. The van der Waals surface area contributed by atoms with Crippen LogP contribution < -0.4 is 4.74 Å². The fourth-order valence-corrected chi connectivity index (χ4v) is 4.27. The van der Waals surface area contributed by atoms with Crippen molar-refractivity contribution >= 4 is 5.97 Å². The van der Waals surface area contributed by atoms with Crippen molar-refractivity contribution in [3.8, 4) is 11.5 Å². The maximum absolute atomic E-state index is 12.8. The summed E-state index contributed by atoms with van der Waals surface area (Å²) >= 11 is 0. The number of fused-ring (bicyclic) bond motifs is 1. The van der Waals surface area contributed by atoms with E-state index in [9.17, 15) is 15.0 Å². The number of benzene rings is 1. The monoisotopic (exact) mass is 356 g/mol. The number of aliphatic hydroxyl groups excluding tert-OH is 1. The number of aromatic hydroxyl groups is 1. The van der Waals surface area contributed by atoms with Gasteiger partial charge in [-0.25, -0.2) is 4.79 Å². The molecule has 0 saturated carbocycles. The third-order valence-corrected chi connectivity index (χ3v) is 5.82. The van der Waals surface area contributed by atoms with E-state index < -0.39 is 5.60 Å². The smallest absolute Gasteiger partial charge is 0.346 e. The summed E-state index contributed by atoms with van der Waals surface area (Å²) in [4.78, 5) is 12.8. The summed E-state index contributed by atoms with van der Waals surface area (Å²) in [7, 11) is 0. The van der Waals surface area contributed by atoms with Gasteiger partial charge >= 0.3 is 5.97 Å². The Labute approximate surface area is 152 Å². The van der Waals surface area contributed by atoms with Gasteiger partial charge in [-0.15, -0.1) is 0 Å². The Morgan fingerprint density at radius 2 is 2.23 bits per heavy atom. The summed E-state index contributed by atoms with van der Waals surface area (Å²) in [6.07, 6.45) is 5.00. The molecule has 5 nitrogen and oxygen atoms in total. The zero-order valence-corrected chi connectivity index (χ0v) is 15.0. The van der Waals surface area contributed by atoms with Crippen LogP contribution in [-0.4, -0.2) is 34.5 Å². The number of allylic oxidation sites excluding steroid dienone is 2. The molecule has 4 rings (SSSR count). The molecule has 0 radical (unpaired) electrons. The second kappa shape index (κ2) is 6.25. The predicted octanol–water partition coefficient (Wildman–Crippen LogP) is 3.14. The fourth-order valence-electron chi connectivity index (χ4n) is 4.27. The van der Waals surface area contributed by atoms with E-state index in [1.54, 1.807) is 12.1 Å². The molecular weight excluding hydrogens is 332 g/mol. The summed E-state index contributed by atoms with van der Waals surface area (Å²) in [6, 6.07) is 3.33. The minimum Gasteiger partial charge on any atom is -0.508 e. The lowest BCUT2D eigenvalue weighted by Crippen LogP contribution is -2.31. The first-order valence-electron chi connectivity index (χ1n) is 9.14. The van der Waals surface area contributed by atoms with Gasteiger partial charge in [0.25, 0.3) is 0 Å². The first kappa shape index (κ1) is 17.3. The largest absolute Gasteiger partial charge is 0.508 e. The van der Waals surface area contributed by atoms with E-state index in [2.05, 4.69) is 6.58 Å². The van der Waals surface area contributed by atoms with Crippen molar-refractivity contribution in [2.45, 2.75) is 56.7 Å². The van der Waals surface area contributed by atoms with Crippen LogP contribution in [0, 0.1) is 0 Å². The molecule has 3 heterocycles. The van der Waals surface area contributed by atoms with E-state index >= 15 is 0 Å². The maximum Gasteiger partial charge on any atom is 0.346 e. The maximum atomic E-state index is 12.8. The summed E-state index contributed by atoms with van der Waals surface area (Å²) in [6.45, 7) is 6.05. The number of hydrogen-bond acceptors (Lipinski definition) is 5. The van der Waals surface area contributed by atoms with Gasteiger partial charge in [-0.2, -0.15) is 0 Å². The Bertz CT molecular complexity index is 809. The van der Waals surface area contributed by atoms with Crippen LogP contribution in [0.25, 0.3) is 0 Å². The highest BCUT2D eigenvalue weighted by Gasteiger charge is 2.64. The summed E-state index contributed by atoms with van der Waals surface area (Å²) in [5, 5.41) is 19.9. The number of phenols is 1. The highest BCUT2D eigenvalue weighted by molar-refractivity contribution is 5.87. The lowest BCUT2D eigenvalue weighted by molar-refractivity contribution is -0.140. The van der Waals surface area contributed by atoms with Gasteiger partial charge in [-0.05, 0) is 50.3 Å². The highest BCUT2D eigenvalue weighted by atomic mass is 16.7. The number of rotatable bonds is 2. The quantitative estimate of drug-likeness (QED) is 0.368. The Hall–Kier alpha value is -2.11. The van der Waals surface area contributed by atoms with Crippen LogP contribution in [0.4, 0.5) is 0 Å². The average Bonchev–Trinajstić information content (AvgIpc) is 3.29. The molecule has 5 heteroatoms. The van der Waals surface area contributed by atoms with Gasteiger partial charge in [0.1, 0.15) is 17.6 Å². The zero-order chi connectivity index (χ0) is 18.5. The first-order chi connectivity index (χ1) is 12.4. The molecule has 3 atom stereocenters. The van der Waals surface area contributed by atoms with Crippen LogP contribution in [0.3, 0.4) is 0 Å². The summed E-state index contributed by atoms with van der Waals surface area (Å²) in [5.41, 5.74) is 2.58. The Balaban J connectivity index is 1.86. The molecule has 3 aliphatic heterocycles.